The fourth-order valence-electron chi connectivity index (χ4n) is 8.96. The zero-order chi connectivity index (χ0) is 22.8. The predicted molar refractivity (Wildman–Crippen MR) is 128 cm³/mol. The standard InChI is InChI=1S/C29H40O3/c1-26(2)14-8-15-27(3)22(26)18-24(32-25(30)12-11-20-9-6-5-7-10-20)29-16-13-21(17-23(27)29)28(4,31)19-29/h5-7,9-12,21-24,31H,8,13-19H2,1-4H3/b12-11+/t21?,22-,23+,24?,27-,28+,29-/m1/s1. The number of hydrogen-bond donors (Lipinski definition) is 1. The molecule has 1 aromatic carbocycles. The van der Waals surface area contributed by atoms with E-state index in [9.17, 15) is 9.90 Å². The summed E-state index contributed by atoms with van der Waals surface area (Å²) in [5.41, 5.74) is 0.809. The molecule has 0 heterocycles. The molecule has 1 N–H and O–H groups in total. The van der Waals surface area contributed by atoms with Gasteiger partial charge in [-0.2, -0.15) is 0 Å². The number of carbonyl (C=O) groups is 1. The highest BCUT2D eigenvalue weighted by Gasteiger charge is 2.69. The summed E-state index contributed by atoms with van der Waals surface area (Å²) in [6, 6.07) is 9.92. The fraction of sp³-hybridized carbons (Fsp3) is 0.690. The average Bonchev–Trinajstić information content (AvgIpc) is 2.73. The van der Waals surface area contributed by atoms with Gasteiger partial charge >= 0.3 is 5.97 Å². The fourth-order valence-corrected chi connectivity index (χ4v) is 8.96. The van der Waals surface area contributed by atoms with Gasteiger partial charge in [0.15, 0.2) is 0 Å². The van der Waals surface area contributed by atoms with Gasteiger partial charge in [-0.1, -0.05) is 57.5 Å². The largest absolute Gasteiger partial charge is 0.459 e. The molecule has 1 spiro atoms. The Labute approximate surface area is 193 Å². The van der Waals surface area contributed by atoms with Gasteiger partial charge < -0.3 is 9.84 Å². The van der Waals surface area contributed by atoms with Gasteiger partial charge in [-0.25, -0.2) is 4.79 Å². The molecule has 7 atom stereocenters. The van der Waals surface area contributed by atoms with Gasteiger partial charge in [-0.15, -0.1) is 0 Å². The molecule has 1 aromatic rings. The maximum absolute atomic E-state index is 13.0. The van der Waals surface area contributed by atoms with Crippen LogP contribution in [0.5, 0.6) is 0 Å². The van der Waals surface area contributed by atoms with E-state index in [0.717, 1.165) is 37.7 Å². The number of benzene rings is 1. The van der Waals surface area contributed by atoms with Crippen molar-refractivity contribution in [2.24, 2.45) is 34.0 Å². The van der Waals surface area contributed by atoms with Crippen LogP contribution in [-0.2, 0) is 9.53 Å². The van der Waals surface area contributed by atoms with Crippen LogP contribution in [0.15, 0.2) is 36.4 Å². The SMILES string of the molecule is CC1(C)CCC[C@]2(C)[C@@H]1CC(OC(=O)/C=C/c1ccccc1)[C@@]13CCC(C[C@H]12)[C@@](C)(O)C3. The first-order valence-electron chi connectivity index (χ1n) is 12.7. The van der Waals surface area contributed by atoms with Gasteiger partial charge in [-0.3, -0.25) is 0 Å². The molecule has 3 nitrogen and oxygen atoms in total. The van der Waals surface area contributed by atoms with Crippen LogP contribution in [0.3, 0.4) is 0 Å². The molecule has 32 heavy (non-hydrogen) atoms. The first-order valence-corrected chi connectivity index (χ1v) is 12.7. The molecule has 0 aliphatic heterocycles. The molecule has 0 aromatic heterocycles. The van der Waals surface area contributed by atoms with Gasteiger partial charge in [0.05, 0.1) is 5.60 Å². The Balaban J connectivity index is 1.48. The maximum Gasteiger partial charge on any atom is 0.331 e. The van der Waals surface area contributed by atoms with Crippen LogP contribution in [0.25, 0.3) is 6.08 Å². The first kappa shape index (κ1) is 22.2. The van der Waals surface area contributed by atoms with Crippen molar-refractivity contribution in [1.82, 2.24) is 0 Å². The third-order valence-corrected chi connectivity index (χ3v) is 10.4. The summed E-state index contributed by atoms with van der Waals surface area (Å²) >= 11 is 0. The molecule has 0 radical (unpaired) electrons. The topological polar surface area (TPSA) is 46.5 Å². The zero-order valence-electron chi connectivity index (χ0n) is 20.3. The van der Waals surface area contributed by atoms with E-state index in [1.165, 1.54) is 19.3 Å². The van der Waals surface area contributed by atoms with E-state index in [2.05, 4.69) is 20.8 Å². The number of ether oxygens (including phenoxy) is 1. The molecule has 5 saturated carbocycles. The second-order valence-electron chi connectivity index (χ2n) is 12.6. The van der Waals surface area contributed by atoms with Crippen molar-refractivity contribution < 1.29 is 14.6 Å². The highest BCUT2D eigenvalue weighted by atomic mass is 16.5. The minimum atomic E-state index is -0.646. The van der Waals surface area contributed by atoms with E-state index in [0.29, 0.717) is 17.8 Å². The molecule has 3 heteroatoms. The number of carbonyl (C=O) groups excluding carboxylic acids is 1. The maximum atomic E-state index is 13.0. The lowest BCUT2D eigenvalue weighted by Gasteiger charge is -2.71. The predicted octanol–water partition coefficient (Wildman–Crippen LogP) is 6.41. The lowest BCUT2D eigenvalue weighted by atomic mass is 9.35. The molecule has 2 bridgehead atoms. The molecular weight excluding hydrogens is 396 g/mol. The van der Waals surface area contributed by atoms with Crippen molar-refractivity contribution in [2.75, 3.05) is 0 Å². The third kappa shape index (κ3) is 3.38. The molecule has 6 rings (SSSR count). The van der Waals surface area contributed by atoms with E-state index in [4.69, 9.17) is 4.74 Å². The Bertz CT molecular complexity index is 900. The molecule has 5 fully saturated rings. The summed E-state index contributed by atoms with van der Waals surface area (Å²) in [7, 11) is 0. The van der Waals surface area contributed by atoms with Crippen LogP contribution < -0.4 is 0 Å². The second-order valence-corrected chi connectivity index (χ2v) is 12.6. The van der Waals surface area contributed by atoms with E-state index >= 15 is 0 Å². The third-order valence-electron chi connectivity index (χ3n) is 10.4. The lowest BCUT2D eigenvalue weighted by molar-refractivity contribution is -0.271. The van der Waals surface area contributed by atoms with Gasteiger partial charge in [0.25, 0.3) is 0 Å². The Morgan fingerprint density at radius 3 is 2.50 bits per heavy atom. The second kappa shape index (κ2) is 7.45. The van der Waals surface area contributed by atoms with Crippen LogP contribution in [0.4, 0.5) is 0 Å². The summed E-state index contributed by atoms with van der Waals surface area (Å²) in [4.78, 5) is 13.0. The summed E-state index contributed by atoms with van der Waals surface area (Å²) in [5, 5.41) is 11.3. The average molecular weight is 437 g/mol. The smallest absolute Gasteiger partial charge is 0.331 e. The van der Waals surface area contributed by atoms with E-state index < -0.39 is 5.60 Å². The highest BCUT2D eigenvalue weighted by molar-refractivity contribution is 5.87. The van der Waals surface area contributed by atoms with Crippen LogP contribution >= 0.6 is 0 Å². The van der Waals surface area contributed by atoms with Crippen LogP contribution in [0.2, 0.25) is 0 Å². The van der Waals surface area contributed by atoms with E-state index in [-0.39, 0.29) is 28.3 Å². The van der Waals surface area contributed by atoms with Gasteiger partial charge in [0, 0.05) is 11.5 Å². The minimum absolute atomic E-state index is 0.0901. The number of aliphatic hydroxyl groups is 1. The van der Waals surface area contributed by atoms with Crippen molar-refractivity contribution in [1.29, 1.82) is 0 Å². The Kier molecular flexibility index (Phi) is 5.17. The number of hydrogen-bond acceptors (Lipinski definition) is 3. The van der Waals surface area contributed by atoms with Crippen molar-refractivity contribution in [3.63, 3.8) is 0 Å². The van der Waals surface area contributed by atoms with Crippen LogP contribution in [0.1, 0.15) is 84.6 Å². The van der Waals surface area contributed by atoms with Crippen LogP contribution in [-0.4, -0.2) is 22.8 Å². The molecule has 5 aliphatic carbocycles. The summed E-state index contributed by atoms with van der Waals surface area (Å²) in [6.07, 6.45) is 12.1. The van der Waals surface area contributed by atoms with Gasteiger partial charge in [0.1, 0.15) is 6.10 Å². The van der Waals surface area contributed by atoms with E-state index in [1.807, 2.05) is 43.3 Å². The van der Waals surface area contributed by atoms with Crippen LogP contribution in [0, 0.1) is 34.0 Å². The Morgan fingerprint density at radius 1 is 1.03 bits per heavy atom. The number of esters is 1. The number of fused-ring (bicyclic) bond motifs is 3. The molecule has 5 aliphatic rings. The summed E-state index contributed by atoms with van der Waals surface area (Å²) < 4.78 is 6.35. The molecule has 0 saturated heterocycles. The van der Waals surface area contributed by atoms with Gasteiger partial charge in [-0.05, 0) is 92.1 Å². The monoisotopic (exact) mass is 436 g/mol. The zero-order valence-corrected chi connectivity index (χ0v) is 20.3. The quantitative estimate of drug-likeness (QED) is 0.440. The number of rotatable bonds is 3. The molecular formula is C29H40O3. The van der Waals surface area contributed by atoms with Crippen molar-refractivity contribution in [3.05, 3.63) is 42.0 Å². The minimum Gasteiger partial charge on any atom is -0.459 e. The first-order chi connectivity index (χ1) is 15.1. The van der Waals surface area contributed by atoms with Crippen molar-refractivity contribution in [2.45, 2.75) is 90.8 Å². The molecule has 0 amide bonds. The Hall–Kier alpha value is -1.61. The van der Waals surface area contributed by atoms with Gasteiger partial charge in [0.2, 0.25) is 0 Å². The molecule has 2 unspecified atom stereocenters. The summed E-state index contributed by atoms with van der Waals surface area (Å²) in [6.45, 7) is 9.42. The normalized spacial score (nSPS) is 44.7. The summed E-state index contributed by atoms with van der Waals surface area (Å²) in [5.74, 6) is 1.23. The van der Waals surface area contributed by atoms with Crippen molar-refractivity contribution >= 4 is 12.0 Å². The van der Waals surface area contributed by atoms with E-state index in [1.54, 1.807) is 6.08 Å². The Morgan fingerprint density at radius 2 is 1.78 bits per heavy atom. The van der Waals surface area contributed by atoms with Crippen molar-refractivity contribution in [3.8, 4) is 0 Å². The molecule has 174 valence electrons. The lowest BCUT2D eigenvalue weighted by Crippen LogP contribution is -2.69. The highest BCUT2D eigenvalue weighted by Crippen LogP contribution is 2.73.